The standard InChI is InChI=1S/C19H29N3O5/c1-19(2,3)27-18(24)21-10-7-13-26-17-16(14(23)9-12-22(4)5)15(25-6)8-11-20-17/h8-9,11-12H,7,10,13H2,1-6H3,(H,21,24)/b12-9+. The lowest BCUT2D eigenvalue weighted by Crippen LogP contribution is -2.33. The molecule has 0 spiro atoms. The van der Waals surface area contributed by atoms with Gasteiger partial charge in [0.15, 0.2) is 5.78 Å². The Bertz CT molecular complexity index is 666. The van der Waals surface area contributed by atoms with Crippen LogP contribution in [0.25, 0.3) is 0 Å². The molecule has 1 aromatic heterocycles. The van der Waals surface area contributed by atoms with Crippen molar-refractivity contribution < 1.29 is 23.8 Å². The number of methoxy groups -OCH3 is 1. The van der Waals surface area contributed by atoms with E-state index in [9.17, 15) is 9.59 Å². The van der Waals surface area contributed by atoms with Crippen LogP contribution >= 0.6 is 0 Å². The second kappa shape index (κ2) is 10.4. The Morgan fingerprint density at radius 3 is 2.59 bits per heavy atom. The monoisotopic (exact) mass is 379 g/mol. The fraction of sp³-hybridized carbons (Fsp3) is 0.526. The van der Waals surface area contributed by atoms with Gasteiger partial charge in [0.25, 0.3) is 0 Å². The van der Waals surface area contributed by atoms with E-state index in [2.05, 4.69) is 10.3 Å². The van der Waals surface area contributed by atoms with Crippen LogP contribution in [-0.4, -0.2) is 61.7 Å². The quantitative estimate of drug-likeness (QED) is 0.401. The maximum Gasteiger partial charge on any atom is 0.407 e. The number of alkyl carbamates (subject to hydrolysis) is 1. The number of nitrogens with zero attached hydrogens (tertiary/aromatic N) is 2. The molecule has 0 radical (unpaired) electrons. The summed E-state index contributed by atoms with van der Waals surface area (Å²) < 4.78 is 16.0. The molecule has 0 bridgehead atoms. The lowest BCUT2D eigenvalue weighted by molar-refractivity contribution is 0.0525. The lowest BCUT2D eigenvalue weighted by Gasteiger charge is -2.19. The summed E-state index contributed by atoms with van der Waals surface area (Å²) in [5.74, 6) is 0.316. The number of ether oxygens (including phenoxy) is 3. The number of ketones is 1. The molecule has 1 N–H and O–H groups in total. The highest BCUT2D eigenvalue weighted by Gasteiger charge is 2.18. The molecule has 0 atom stereocenters. The van der Waals surface area contributed by atoms with E-state index in [4.69, 9.17) is 14.2 Å². The number of carbonyl (C=O) groups is 2. The van der Waals surface area contributed by atoms with Gasteiger partial charge in [0, 0.05) is 39.1 Å². The number of hydrogen-bond donors (Lipinski definition) is 1. The third-order valence-corrected chi connectivity index (χ3v) is 3.10. The number of aromatic nitrogens is 1. The zero-order valence-corrected chi connectivity index (χ0v) is 16.9. The van der Waals surface area contributed by atoms with Crippen LogP contribution in [-0.2, 0) is 4.74 Å². The van der Waals surface area contributed by atoms with Gasteiger partial charge in [0.1, 0.15) is 16.9 Å². The molecule has 0 saturated heterocycles. The second-order valence-corrected chi connectivity index (χ2v) is 6.97. The summed E-state index contributed by atoms with van der Waals surface area (Å²) in [6, 6.07) is 1.60. The van der Waals surface area contributed by atoms with Crippen molar-refractivity contribution in [3.8, 4) is 11.6 Å². The van der Waals surface area contributed by atoms with Crippen molar-refractivity contribution in [2.45, 2.75) is 32.8 Å². The molecule has 0 aliphatic heterocycles. The second-order valence-electron chi connectivity index (χ2n) is 6.97. The van der Waals surface area contributed by atoms with E-state index >= 15 is 0 Å². The molecule has 0 aromatic carbocycles. The van der Waals surface area contributed by atoms with Crippen LogP contribution in [0.5, 0.6) is 11.6 Å². The van der Waals surface area contributed by atoms with Gasteiger partial charge in [0.2, 0.25) is 5.88 Å². The summed E-state index contributed by atoms with van der Waals surface area (Å²) >= 11 is 0. The number of pyridine rings is 1. The number of hydrogen-bond acceptors (Lipinski definition) is 7. The topological polar surface area (TPSA) is 90.0 Å². The van der Waals surface area contributed by atoms with Crippen molar-refractivity contribution in [2.75, 3.05) is 34.4 Å². The van der Waals surface area contributed by atoms with Crippen LogP contribution < -0.4 is 14.8 Å². The van der Waals surface area contributed by atoms with Crippen LogP contribution in [0.1, 0.15) is 37.6 Å². The average Bonchev–Trinajstić information content (AvgIpc) is 2.57. The molecule has 1 amide bonds. The van der Waals surface area contributed by atoms with Crippen molar-refractivity contribution in [2.24, 2.45) is 0 Å². The Hall–Kier alpha value is -2.77. The minimum Gasteiger partial charge on any atom is -0.496 e. The normalized spacial score (nSPS) is 11.2. The van der Waals surface area contributed by atoms with Crippen molar-refractivity contribution in [3.05, 3.63) is 30.1 Å². The van der Waals surface area contributed by atoms with Crippen molar-refractivity contribution in [3.63, 3.8) is 0 Å². The molecule has 0 aliphatic rings. The SMILES string of the molecule is COc1ccnc(OCCCNC(=O)OC(C)(C)C)c1C(=O)/C=C/N(C)C. The fourth-order valence-corrected chi connectivity index (χ4v) is 1.98. The highest BCUT2D eigenvalue weighted by molar-refractivity contribution is 6.08. The first kappa shape index (κ1) is 22.3. The zero-order chi connectivity index (χ0) is 20.4. The van der Waals surface area contributed by atoms with Crippen LogP contribution in [0.3, 0.4) is 0 Å². The van der Waals surface area contributed by atoms with E-state index in [0.29, 0.717) is 18.7 Å². The number of carbonyl (C=O) groups excluding carboxylic acids is 2. The summed E-state index contributed by atoms with van der Waals surface area (Å²) in [6.07, 6.45) is 4.63. The van der Waals surface area contributed by atoms with E-state index < -0.39 is 11.7 Å². The largest absolute Gasteiger partial charge is 0.496 e. The molecule has 27 heavy (non-hydrogen) atoms. The molecular weight excluding hydrogens is 350 g/mol. The summed E-state index contributed by atoms with van der Waals surface area (Å²) in [5, 5.41) is 2.65. The molecule has 0 fully saturated rings. The minimum atomic E-state index is -0.541. The first-order valence-electron chi connectivity index (χ1n) is 8.65. The summed E-state index contributed by atoms with van der Waals surface area (Å²) in [4.78, 5) is 29.9. The zero-order valence-electron chi connectivity index (χ0n) is 16.9. The van der Waals surface area contributed by atoms with Gasteiger partial charge in [-0.15, -0.1) is 0 Å². The van der Waals surface area contributed by atoms with Gasteiger partial charge in [-0.25, -0.2) is 9.78 Å². The van der Waals surface area contributed by atoms with Gasteiger partial charge < -0.3 is 24.4 Å². The van der Waals surface area contributed by atoms with E-state index in [-0.39, 0.29) is 23.8 Å². The Kier molecular flexibility index (Phi) is 8.58. The van der Waals surface area contributed by atoms with Crippen molar-refractivity contribution in [1.82, 2.24) is 15.2 Å². The third kappa shape index (κ3) is 8.44. The maximum absolute atomic E-state index is 12.5. The van der Waals surface area contributed by atoms with Crippen LogP contribution in [0.2, 0.25) is 0 Å². The molecule has 8 nitrogen and oxygen atoms in total. The Morgan fingerprint density at radius 1 is 1.30 bits per heavy atom. The van der Waals surface area contributed by atoms with Gasteiger partial charge in [-0.3, -0.25) is 4.79 Å². The minimum absolute atomic E-state index is 0.194. The third-order valence-electron chi connectivity index (χ3n) is 3.10. The first-order valence-corrected chi connectivity index (χ1v) is 8.65. The van der Waals surface area contributed by atoms with E-state index in [0.717, 1.165) is 0 Å². The highest BCUT2D eigenvalue weighted by atomic mass is 16.6. The predicted molar refractivity (Wildman–Crippen MR) is 102 cm³/mol. The fourth-order valence-electron chi connectivity index (χ4n) is 1.98. The summed E-state index contributed by atoms with van der Waals surface area (Å²) in [5.41, 5.74) is -0.279. The van der Waals surface area contributed by atoms with Crippen LogP contribution in [0.15, 0.2) is 24.5 Å². The van der Waals surface area contributed by atoms with Crippen molar-refractivity contribution >= 4 is 11.9 Å². The lowest BCUT2D eigenvalue weighted by atomic mass is 10.1. The Balaban J connectivity index is 2.65. The smallest absolute Gasteiger partial charge is 0.407 e. The molecule has 8 heteroatoms. The molecule has 150 valence electrons. The van der Waals surface area contributed by atoms with Gasteiger partial charge >= 0.3 is 6.09 Å². The molecule has 1 heterocycles. The van der Waals surface area contributed by atoms with E-state index in [1.165, 1.54) is 19.4 Å². The van der Waals surface area contributed by atoms with E-state index in [1.807, 2.05) is 14.1 Å². The van der Waals surface area contributed by atoms with Gasteiger partial charge in [-0.1, -0.05) is 0 Å². The number of nitrogens with one attached hydrogen (secondary N) is 1. The number of rotatable bonds is 9. The van der Waals surface area contributed by atoms with E-state index in [1.54, 1.807) is 37.9 Å². The molecule has 0 unspecified atom stereocenters. The number of allylic oxidation sites excluding steroid dienone is 1. The summed E-state index contributed by atoms with van der Waals surface area (Å²) in [6.45, 7) is 6.05. The molecule has 1 aromatic rings. The molecule has 0 aliphatic carbocycles. The summed E-state index contributed by atoms with van der Waals surface area (Å²) in [7, 11) is 5.12. The Labute approximate surface area is 160 Å². The average molecular weight is 379 g/mol. The maximum atomic E-state index is 12.5. The Morgan fingerprint density at radius 2 is 2.00 bits per heavy atom. The number of amides is 1. The van der Waals surface area contributed by atoms with Crippen molar-refractivity contribution in [1.29, 1.82) is 0 Å². The van der Waals surface area contributed by atoms with Crippen LogP contribution in [0, 0.1) is 0 Å². The van der Waals surface area contributed by atoms with Crippen LogP contribution in [0.4, 0.5) is 4.79 Å². The molecule has 1 rings (SSSR count). The first-order chi connectivity index (χ1) is 12.6. The van der Waals surface area contributed by atoms with Gasteiger partial charge in [0.05, 0.1) is 13.7 Å². The molecule has 0 saturated carbocycles. The van der Waals surface area contributed by atoms with Gasteiger partial charge in [-0.2, -0.15) is 0 Å². The molecular formula is C19H29N3O5. The van der Waals surface area contributed by atoms with Gasteiger partial charge in [-0.05, 0) is 33.3 Å². The highest BCUT2D eigenvalue weighted by Crippen LogP contribution is 2.27. The predicted octanol–water partition coefficient (Wildman–Crippen LogP) is 2.64.